The lowest BCUT2D eigenvalue weighted by molar-refractivity contribution is -0.119. The molecule has 1 saturated heterocycles. The van der Waals surface area contributed by atoms with Crippen molar-refractivity contribution in [3.05, 3.63) is 28.2 Å². The van der Waals surface area contributed by atoms with Gasteiger partial charge in [0.1, 0.15) is 0 Å². The molecule has 26 heavy (non-hydrogen) atoms. The number of hydrogen-bond donors (Lipinski definition) is 2. The van der Waals surface area contributed by atoms with Crippen LogP contribution in [-0.4, -0.2) is 52.5 Å². The molecule has 1 unspecified atom stereocenters. The van der Waals surface area contributed by atoms with Crippen LogP contribution in [0.2, 0.25) is 10.0 Å². The summed E-state index contributed by atoms with van der Waals surface area (Å²) in [5.74, 6) is 6.18. The van der Waals surface area contributed by atoms with Gasteiger partial charge in [-0.15, -0.1) is 10.2 Å². The molecule has 0 spiro atoms. The second-order valence-corrected chi connectivity index (χ2v) is 9.77. The van der Waals surface area contributed by atoms with Crippen LogP contribution < -0.4 is 11.2 Å². The third kappa shape index (κ3) is 4.43. The van der Waals surface area contributed by atoms with Gasteiger partial charge >= 0.3 is 0 Å². The number of carbonyl (C=O) groups excluding carboxylic acids is 1. The molecule has 1 aromatic heterocycles. The van der Waals surface area contributed by atoms with Gasteiger partial charge in [-0.2, -0.15) is 0 Å². The number of sulfone groups is 1. The van der Waals surface area contributed by atoms with E-state index < -0.39 is 9.84 Å². The molecule has 3 rings (SSSR count). The zero-order chi connectivity index (χ0) is 18.9. The maximum atomic E-state index is 12.0. The molecule has 140 valence electrons. The SMILES string of the molecule is Nn1c(SCC(=O)NC2CCS(=O)(=O)C2)nnc1-c1ccc(Cl)cc1Cl. The van der Waals surface area contributed by atoms with Crippen molar-refractivity contribution in [3.63, 3.8) is 0 Å². The number of amides is 1. The van der Waals surface area contributed by atoms with Crippen LogP contribution in [0.3, 0.4) is 0 Å². The zero-order valence-corrected chi connectivity index (χ0v) is 16.5. The van der Waals surface area contributed by atoms with Gasteiger partial charge in [-0.3, -0.25) is 4.79 Å². The van der Waals surface area contributed by atoms with Crippen molar-refractivity contribution in [1.29, 1.82) is 0 Å². The number of nitrogens with one attached hydrogen (secondary N) is 1. The van der Waals surface area contributed by atoms with E-state index in [0.717, 1.165) is 11.8 Å². The highest BCUT2D eigenvalue weighted by Gasteiger charge is 2.29. The summed E-state index contributed by atoms with van der Waals surface area (Å²) in [4.78, 5) is 12.0. The van der Waals surface area contributed by atoms with E-state index >= 15 is 0 Å². The van der Waals surface area contributed by atoms with Crippen molar-refractivity contribution in [3.8, 4) is 11.4 Å². The molecular weight excluding hydrogens is 421 g/mol. The minimum absolute atomic E-state index is 0.0182. The maximum Gasteiger partial charge on any atom is 0.230 e. The van der Waals surface area contributed by atoms with Crippen molar-refractivity contribution >= 4 is 50.7 Å². The third-order valence-electron chi connectivity index (χ3n) is 3.77. The fraction of sp³-hybridized carbons (Fsp3) is 0.357. The molecule has 1 atom stereocenters. The lowest BCUT2D eigenvalue weighted by Crippen LogP contribution is -2.36. The predicted octanol–water partition coefficient (Wildman–Crippen LogP) is 1.36. The van der Waals surface area contributed by atoms with E-state index in [2.05, 4.69) is 15.5 Å². The molecule has 0 saturated carbocycles. The van der Waals surface area contributed by atoms with Crippen LogP contribution in [-0.2, 0) is 14.6 Å². The number of nitrogens with zero attached hydrogens (tertiary/aromatic N) is 3. The molecule has 8 nitrogen and oxygen atoms in total. The van der Waals surface area contributed by atoms with Crippen molar-refractivity contribution in [1.82, 2.24) is 20.2 Å². The number of rotatable bonds is 5. The number of benzene rings is 1. The summed E-state index contributed by atoms with van der Waals surface area (Å²) in [5, 5.41) is 11.9. The molecule has 1 aliphatic rings. The highest BCUT2D eigenvalue weighted by atomic mass is 35.5. The molecule has 2 heterocycles. The normalized spacial score (nSPS) is 18.8. The minimum Gasteiger partial charge on any atom is -0.352 e. The van der Waals surface area contributed by atoms with Gasteiger partial charge < -0.3 is 11.2 Å². The first kappa shape index (κ1) is 19.3. The van der Waals surface area contributed by atoms with Gasteiger partial charge in [0.2, 0.25) is 11.1 Å². The monoisotopic (exact) mass is 435 g/mol. The van der Waals surface area contributed by atoms with Crippen LogP contribution in [0.25, 0.3) is 11.4 Å². The Labute approximate surface area is 164 Å². The Hall–Kier alpha value is -1.49. The van der Waals surface area contributed by atoms with Gasteiger partial charge in [0.15, 0.2) is 15.7 Å². The van der Waals surface area contributed by atoms with Crippen molar-refractivity contribution in [2.75, 3.05) is 23.1 Å². The van der Waals surface area contributed by atoms with Crippen LogP contribution in [0.4, 0.5) is 0 Å². The number of nitrogen functional groups attached to an aromatic ring is 1. The number of hydrogen-bond acceptors (Lipinski definition) is 7. The average molecular weight is 436 g/mol. The molecule has 12 heteroatoms. The highest BCUT2D eigenvalue weighted by Crippen LogP contribution is 2.30. The van der Waals surface area contributed by atoms with Crippen molar-refractivity contribution in [2.45, 2.75) is 17.6 Å². The lowest BCUT2D eigenvalue weighted by Gasteiger charge is -2.10. The molecule has 0 bridgehead atoms. The number of aromatic nitrogens is 3. The number of carbonyl (C=O) groups is 1. The molecule has 1 amide bonds. The zero-order valence-electron chi connectivity index (χ0n) is 13.4. The number of nitrogens with two attached hydrogens (primary N) is 1. The quantitative estimate of drug-likeness (QED) is 0.537. The molecule has 0 radical (unpaired) electrons. The minimum atomic E-state index is -3.04. The first-order chi connectivity index (χ1) is 12.2. The molecule has 1 fully saturated rings. The summed E-state index contributed by atoms with van der Waals surface area (Å²) in [6, 6.07) is 4.57. The van der Waals surface area contributed by atoms with E-state index in [-0.39, 0.29) is 29.2 Å². The highest BCUT2D eigenvalue weighted by molar-refractivity contribution is 7.99. The Morgan fingerprint density at radius 2 is 2.15 bits per heavy atom. The van der Waals surface area contributed by atoms with Crippen LogP contribution >= 0.6 is 35.0 Å². The summed E-state index contributed by atoms with van der Waals surface area (Å²) in [5.41, 5.74) is 0.568. The summed E-state index contributed by atoms with van der Waals surface area (Å²) >= 11 is 13.1. The second-order valence-electron chi connectivity index (χ2n) is 5.76. The Bertz CT molecular complexity index is 948. The standard InChI is InChI=1S/C14H15Cl2N5O3S2/c15-8-1-2-10(11(16)5-8)13-19-20-14(21(13)17)25-6-12(22)18-9-3-4-26(23,24)7-9/h1-2,5,9H,3-4,6-7,17H2,(H,18,22). The van der Waals surface area contributed by atoms with E-state index in [1.54, 1.807) is 18.2 Å². The van der Waals surface area contributed by atoms with Gasteiger partial charge in [-0.1, -0.05) is 35.0 Å². The van der Waals surface area contributed by atoms with Crippen LogP contribution in [0, 0.1) is 0 Å². The van der Waals surface area contributed by atoms with Gasteiger partial charge in [0, 0.05) is 16.6 Å². The van der Waals surface area contributed by atoms with Gasteiger partial charge in [-0.05, 0) is 24.6 Å². The van der Waals surface area contributed by atoms with Crippen LogP contribution in [0.5, 0.6) is 0 Å². The predicted molar refractivity (Wildman–Crippen MR) is 102 cm³/mol. The van der Waals surface area contributed by atoms with E-state index in [4.69, 9.17) is 29.0 Å². The smallest absolute Gasteiger partial charge is 0.230 e. The first-order valence-electron chi connectivity index (χ1n) is 7.53. The number of thioether (sulfide) groups is 1. The summed E-state index contributed by atoms with van der Waals surface area (Å²) in [6.07, 6.45) is 0.436. The molecular formula is C14H15Cl2N5O3S2. The molecule has 3 N–H and O–H groups in total. The average Bonchev–Trinajstić information content (AvgIpc) is 3.08. The van der Waals surface area contributed by atoms with Crippen LogP contribution in [0.15, 0.2) is 23.4 Å². The van der Waals surface area contributed by atoms with Gasteiger partial charge in [-0.25, -0.2) is 13.1 Å². The third-order valence-corrected chi connectivity index (χ3v) is 7.03. The Balaban J connectivity index is 1.63. The summed E-state index contributed by atoms with van der Waals surface area (Å²) < 4.78 is 24.1. The molecule has 2 aromatic rings. The van der Waals surface area contributed by atoms with Crippen molar-refractivity contribution < 1.29 is 13.2 Å². The number of halogens is 2. The summed E-state index contributed by atoms with van der Waals surface area (Å²) in [7, 11) is -3.04. The van der Waals surface area contributed by atoms with Gasteiger partial charge in [0.25, 0.3) is 0 Å². The fourth-order valence-electron chi connectivity index (χ4n) is 2.54. The molecule has 0 aliphatic carbocycles. The van der Waals surface area contributed by atoms with Gasteiger partial charge in [0.05, 0.1) is 22.3 Å². The Morgan fingerprint density at radius 3 is 2.81 bits per heavy atom. The van der Waals surface area contributed by atoms with E-state index in [0.29, 0.717) is 33.0 Å². The topological polar surface area (TPSA) is 120 Å². The Morgan fingerprint density at radius 1 is 1.38 bits per heavy atom. The maximum absolute atomic E-state index is 12.0. The first-order valence-corrected chi connectivity index (χ1v) is 11.1. The van der Waals surface area contributed by atoms with E-state index in [1.165, 1.54) is 4.68 Å². The van der Waals surface area contributed by atoms with Crippen molar-refractivity contribution in [2.24, 2.45) is 0 Å². The second kappa shape index (κ2) is 7.63. The lowest BCUT2D eigenvalue weighted by atomic mass is 10.2. The Kier molecular flexibility index (Phi) is 5.66. The summed E-state index contributed by atoms with van der Waals surface area (Å²) in [6.45, 7) is 0. The molecule has 1 aromatic carbocycles. The van der Waals surface area contributed by atoms with E-state index in [9.17, 15) is 13.2 Å². The van der Waals surface area contributed by atoms with E-state index in [1.807, 2.05) is 0 Å². The fourth-order valence-corrected chi connectivity index (χ4v) is 5.37. The van der Waals surface area contributed by atoms with Crippen LogP contribution in [0.1, 0.15) is 6.42 Å². The molecule has 1 aliphatic heterocycles. The largest absolute Gasteiger partial charge is 0.352 e.